The van der Waals surface area contributed by atoms with Gasteiger partial charge in [-0.3, -0.25) is 4.98 Å². The molecule has 6 heteroatoms. The van der Waals surface area contributed by atoms with E-state index in [1.54, 1.807) is 18.3 Å². The maximum Gasteiger partial charge on any atom is 0.202 e. The lowest BCUT2D eigenvalue weighted by Crippen LogP contribution is -2.28. The van der Waals surface area contributed by atoms with Crippen molar-refractivity contribution in [1.29, 1.82) is 0 Å². The van der Waals surface area contributed by atoms with Crippen molar-refractivity contribution in [3.8, 4) is 5.75 Å². The molecular formula is C26H24N2O3S. The SMILES string of the molecule is Cc1cc(COc2ccc(C3(c4cccs4)CC(C(C)O)=NO3)cc2)c2ccccc2n1. The molecule has 5 rings (SSSR count). The van der Waals surface area contributed by atoms with Crippen molar-refractivity contribution in [2.24, 2.45) is 5.16 Å². The van der Waals surface area contributed by atoms with E-state index in [-0.39, 0.29) is 0 Å². The number of aliphatic hydroxyl groups excluding tert-OH is 1. The first-order chi connectivity index (χ1) is 15.5. The Balaban J connectivity index is 1.39. The molecule has 2 unspecified atom stereocenters. The smallest absolute Gasteiger partial charge is 0.202 e. The fourth-order valence-electron chi connectivity index (χ4n) is 4.11. The van der Waals surface area contributed by atoms with E-state index in [1.807, 2.05) is 66.9 Å². The maximum absolute atomic E-state index is 10.0. The average molecular weight is 445 g/mol. The lowest BCUT2D eigenvalue weighted by atomic mass is 9.86. The second-order valence-electron chi connectivity index (χ2n) is 8.08. The number of hydrogen-bond donors (Lipinski definition) is 1. The Kier molecular flexibility index (Phi) is 5.41. The number of thiophene rings is 1. The molecule has 5 nitrogen and oxygen atoms in total. The summed E-state index contributed by atoms with van der Waals surface area (Å²) in [5.41, 5.74) is 3.99. The molecule has 1 N–H and O–H groups in total. The molecule has 0 aliphatic carbocycles. The van der Waals surface area contributed by atoms with Gasteiger partial charge in [-0.1, -0.05) is 41.6 Å². The summed E-state index contributed by atoms with van der Waals surface area (Å²) in [5, 5.41) is 17.3. The standard InChI is InChI=1S/C26H24N2O3S/c1-17-14-19(22-6-3-4-7-23(22)27-17)16-30-21-11-9-20(10-12-21)26(25-8-5-13-32-25)15-24(18(2)29)28-31-26/h3-14,18,29H,15-16H2,1-2H3. The van der Waals surface area contributed by atoms with E-state index in [0.717, 1.165) is 38.4 Å². The fraction of sp³-hybridized carbons (Fsp3) is 0.231. The zero-order valence-electron chi connectivity index (χ0n) is 18.0. The van der Waals surface area contributed by atoms with Gasteiger partial charge in [0.1, 0.15) is 12.4 Å². The number of benzene rings is 2. The highest BCUT2D eigenvalue weighted by Crippen LogP contribution is 2.44. The Morgan fingerprint density at radius 3 is 2.66 bits per heavy atom. The lowest BCUT2D eigenvalue weighted by Gasteiger charge is -2.26. The summed E-state index contributed by atoms with van der Waals surface area (Å²) < 4.78 is 6.12. The van der Waals surface area contributed by atoms with E-state index >= 15 is 0 Å². The quantitative estimate of drug-likeness (QED) is 0.421. The number of nitrogens with zero attached hydrogens (tertiary/aromatic N) is 2. The van der Waals surface area contributed by atoms with Crippen molar-refractivity contribution in [3.63, 3.8) is 0 Å². The van der Waals surface area contributed by atoms with Crippen LogP contribution < -0.4 is 4.74 Å². The van der Waals surface area contributed by atoms with Crippen LogP contribution in [0.25, 0.3) is 10.9 Å². The Hall–Kier alpha value is -3.22. The van der Waals surface area contributed by atoms with E-state index in [1.165, 1.54) is 0 Å². The second kappa shape index (κ2) is 8.37. The average Bonchev–Trinajstić information content (AvgIpc) is 3.49. The van der Waals surface area contributed by atoms with Crippen LogP contribution in [0, 0.1) is 6.92 Å². The maximum atomic E-state index is 10.0. The molecule has 0 amide bonds. The van der Waals surface area contributed by atoms with Crippen LogP contribution in [0.1, 0.15) is 35.0 Å². The molecule has 1 aliphatic heterocycles. The van der Waals surface area contributed by atoms with Gasteiger partial charge in [-0.05, 0) is 49.6 Å². The van der Waals surface area contributed by atoms with Crippen LogP contribution in [0.3, 0.4) is 0 Å². The van der Waals surface area contributed by atoms with Gasteiger partial charge in [-0.25, -0.2) is 0 Å². The number of rotatable bonds is 6. The zero-order valence-corrected chi connectivity index (χ0v) is 18.8. The van der Waals surface area contributed by atoms with E-state index < -0.39 is 11.7 Å². The van der Waals surface area contributed by atoms with Crippen molar-refractivity contribution in [2.75, 3.05) is 0 Å². The van der Waals surface area contributed by atoms with Gasteiger partial charge >= 0.3 is 0 Å². The van der Waals surface area contributed by atoms with Crippen LogP contribution >= 0.6 is 11.3 Å². The molecule has 2 atom stereocenters. The van der Waals surface area contributed by atoms with Crippen molar-refractivity contribution >= 4 is 28.0 Å². The van der Waals surface area contributed by atoms with Gasteiger partial charge in [0.25, 0.3) is 0 Å². The molecule has 32 heavy (non-hydrogen) atoms. The summed E-state index contributed by atoms with van der Waals surface area (Å²) in [4.78, 5) is 11.6. The second-order valence-corrected chi connectivity index (χ2v) is 9.03. The fourth-order valence-corrected chi connectivity index (χ4v) is 4.99. The highest BCUT2D eigenvalue weighted by molar-refractivity contribution is 7.10. The van der Waals surface area contributed by atoms with Gasteiger partial charge in [-0.15, -0.1) is 11.3 Å². The van der Waals surface area contributed by atoms with Gasteiger partial charge in [0, 0.05) is 28.6 Å². The molecular weight excluding hydrogens is 420 g/mol. The van der Waals surface area contributed by atoms with Gasteiger partial charge in [0.15, 0.2) is 0 Å². The first kappa shape index (κ1) is 20.7. The number of hydrogen-bond acceptors (Lipinski definition) is 6. The Morgan fingerprint density at radius 2 is 1.94 bits per heavy atom. The molecule has 0 radical (unpaired) electrons. The Morgan fingerprint density at radius 1 is 1.12 bits per heavy atom. The number of pyridine rings is 1. The first-order valence-electron chi connectivity index (χ1n) is 10.6. The first-order valence-corrected chi connectivity index (χ1v) is 11.5. The normalized spacial score (nSPS) is 18.9. The number of aromatic nitrogens is 1. The zero-order chi connectivity index (χ0) is 22.1. The monoisotopic (exact) mass is 444 g/mol. The molecule has 162 valence electrons. The predicted molar refractivity (Wildman–Crippen MR) is 127 cm³/mol. The van der Waals surface area contributed by atoms with Crippen molar-refractivity contribution in [2.45, 2.75) is 38.6 Å². The van der Waals surface area contributed by atoms with E-state index in [4.69, 9.17) is 9.57 Å². The van der Waals surface area contributed by atoms with Gasteiger partial charge in [0.05, 0.1) is 22.2 Å². The van der Waals surface area contributed by atoms with Gasteiger partial charge in [-0.2, -0.15) is 0 Å². The van der Waals surface area contributed by atoms with Crippen molar-refractivity contribution in [3.05, 3.63) is 93.8 Å². The molecule has 0 saturated carbocycles. The van der Waals surface area contributed by atoms with Crippen molar-refractivity contribution in [1.82, 2.24) is 4.98 Å². The molecule has 2 aromatic carbocycles. The van der Waals surface area contributed by atoms with Crippen LogP contribution in [0.4, 0.5) is 0 Å². The van der Waals surface area contributed by atoms with E-state index in [2.05, 4.69) is 22.3 Å². The minimum atomic E-state index is -0.711. The third-order valence-electron chi connectivity index (χ3n) is 5.80. The Labute approximate surface area is 191 Å². The van der Waals surface area contributed by atoms with E-state index in [9.17, 15) is 5.11 Å². The summed E-state index contributed by atoms with van der Waals surface area (Å²) in [6.45, 7) is 4.18. The third kappa shape index (κ3) is 3.76. The number of oxime groups is 1. The van der Waals surface area contributed by atoms with Crippen molar-refractivity contribution < 1.29 is 14.7 Å². The largest absolute Gasteiger partial charge is 0.489 e. The molecule has 0 saturated heterocycles. The third-order valence-corrected chi connectivity index (χ3v) is 6.81. The molecule has 0 spiro atoms. The number of aryl methyl sites for hydroxylation is 1. The number of aliphatic hydroxyl groups is 1. The highest BCUT2D eigenvalue weighted by Gasteiger charge is 2.44. The molecule has 3 heterocycles. The summed E-state index contributed by atoms with van der Waals surface area (Å²) >= 11 is 1.62. The van der Waals surface area contributed by atoms with Crippen LogP contribution in [-0.2, 0) is 17.0 Å². The minimum Gasteiger partial charge on any atom is -0.489 e. The number of ether oxygens (including phenoxy) is 1. The van der Waals surface area contributed by atoms with Crippen LogP contribution in [0.2, 0.25) is 0 Å². The summed E-state index contributed by atoms with van der Waals surface area (Å²) in [5.74, 6) is 0.781. The summed E-state index contributed by atoms with van der Waals surface area (Å²) in [7, 11) is 0. The lowest BCUT2D eigenvalue weighted by molar-refractivity contribution is 0.0140. The Bertz CT molecular complexity index is 1270. The molecule has 0 fully saturated rings. The highest BCUT2D eigenvalue weighted by atomic mass is 32.1. The summed E-state index contributed by atoms with van der Waals surface area (Å²) in [6, 6.07) is 22.2. The number of para-hydroxylation sites is 1. The molecule has 4 aromatic rings. The van der Waals surface area contributed by atoms with Gasteiger partial charge < -0.3 is 14.7 Å². The topological polar surface area (TPSA) is 63.9 Å². The minimum absolute atomic E-state index is 0.463. The predicted octanol–water partition coefficient (Wildman–Crippen LogP) is 5.58. The van der Waals surface area contributed by atoms with Gasteiger partial charge in [0.2, 0.25) is 5.60 Å². The summed E-state index contributed by atoms with van der Waals surface area (Å²) in [6.07, 6.45) is -0.119. The van der Waals surface area contributed by atoms with Crippen LogP contribution in [0.15, 0.2) is 77.3 Å². The van der Waals surface area contributed by atoms with Crippen LogP contribution in [-0.4, -0.2) is 21.9 Å². The number of fused-ring (bicyclic) bond motifs is 1. The van der Waals surface area contributed by atoms with Crippen LogP contribution in [0.5, 0.6) is 5.75 Å². The molecule has 1 aliphatic rings. The van der Waals surface area contributed by atoms with E-state index in [0.29, 0.717) is 18.7 Å². The molecule has 2 aromatic heterocycles. The molecule has 0 bridgehead atoms.